The minimum Gasteiger partial charge on any atom is -0.456 e. The second-order valence-electron chi connectivity index (χ2n) is 6.24. The summed E-state index contributed by atoms with van der Waals surface area (Å²) in [4.78, 5) is 8.77. The van der Waals surface area contributed by atoms with Crippen LogP contribution in [0.4, 0.5) is 0 Å². The van der Waals surface area contributed by atoms with Gasteiger partial charge < -0.3 is 15.6 Å². The maximum atomic E-state index is 9.83. The van der Waals surface area contributed by atoms with E-state index in [1.807, 2.05) is 26.0 Å². The molecule has 0 fully saturated rings. The van der Waals surface area contributed by atoms with E-state index < -0.39 is 6.10 Å². The predicted octanol–water partition coefficient (Wildman–Crippen LogP) is 3.42. The van der Waals surface area contributed by atoms with Gasteiger partial charge in [-0.2, -0.15) is 5.26 Å². The van der Waals surface area contributed by atoms with Crippen LogP contribution in [-0.4, -0.2) is 21.6 Å². The van der Waals surface area contributed by atoms with E-state index in [4.69, 9.17) is 10.5 Å². The molecule has 0 bridgehead atoms. The molecule has 2 heterocycles. The second-order valence-corrected chi connectivity index (χ2v) is 6.24. The minimum atomic E-state index is -0.744. The number of ether oxygens (including phenoxy) is 1. The molecule has 1 atom stereocenters. The molecule has 3 N–H and O–H groups in total. The number of aromatic nitrogens is 2. The molecule has 27 heavy (non-hydrogen) atoms. The lowest BCUT2D eigenvalue weighted by Gasteiger charge is -2.13. The zero-order valence-corrected chi connectivity index (χ0v) is 15.2. The molecular weight excluding hydrogens is 340 g/mol. The van der Waals surface area contributed by atoms with E-state index in [1.165, 1.54) is 0 Å². The number of nitriles is 1. The number of hydrogen-bond donors (Lipinski definition) is 2. The van der Waals surface area contributed by atoms with E-state index in [0.717, 1.165) is 17.0 Å². The maximum absolute atomic E-state index is 9.83. The summed E-state index contributed by atoms with van der Waals surface area (Å²) in [6, 6.07) is 14.6. The molecule has 3 aromatic rings. The molecule has 3 rings (SSSR count). The van der Waals surface area contributed by atoms with Crippen LogP contribution in [0.25, 0.3) is 11.3 Å². The van der Waals surface area contributed by atoms with Gasteiger partial charge in [-0.3, -0.25) is 9.97 Å². The largest absolute Gasteiger partial charge is 0.456 e. The first-order chi connectivity index (χ1) is 13.0. The van der Waals surface area contributed by atoms with Crippen LogP contribution >= 0.6 is 0 Å². The van der Waals surface area contributed by atoms with Crippen LogP contribution in [0.1, 0.15) is 28.6 Å². The lowest BCUT2D eigenvalue weighted by atomic mass is 10.1. The van der Waals surface area contributed by atoms with Gasteiger partial charge in [-0.05, 0) is 38.1 Å². The van der Waals surface area contributed by atoms with Crippen molar-refractivity contribution in [3.8, 4) is 28.8 Å². The van der Waals surface area contributed by atoms with Crippen molar-refractivity contribution in [1.29, 1.82) is 5.26 Å². The topological polar surface area (TPSA) is 105 Å². The second kappa shape index (κ2) is 7.96. The van der Waals surface area contributed by atoms with Crippen LogP contribution in [0.15, 0.2) is 48.7 Å². The number of nitrogens with zero attached hydrogens (tertiary/aromatic N) is 3. The van der Waals surface area contributed by atoms with Gasteiger partial charge in [0.15, 0.2) is 0 Å². The SMILES string of the molecule is Cc1cc(Oc2cc(C#N)ccc2-c2ccc([C@H](O)CN)cn2)cc(C)n1. The fourth-order valence-electron chi connectivity index (χ4n) is 2.77. The van der Waals surface area contributed by atoms with Crippen LogP contribution < -0.4 is 10.5 Å². The van der Waals surface area contributed by atoms with E-state index in [9.17, 15) is 10.4 Å². The zero-order valence-electron chi connectivity index (χ0n) is 15.2. The van der Waals surface area contributed by atoms with Crippen molar-refractivity contribution in [2.24, 2.45) is 5.73 Å². The molecule has 0 aliphatic carbocycles. The normalized spacial score (nSPS) is 11.7. The van der Waals surface area contributed by atoms with Crippen LogP contribution in [0.3, 0.4) is 0 Å². The van der Waals surface area contributed by atoms with Crippen molar-refractivity contribution >= 4 is 0 Å². The minimum absolute atomic E-state index is 0.132. The Morgan fingerprint density at radius 1 is 1.15 bits per heavy atom. The monoisotopic (exact) mass is 360 g/mol. The Kier molecular flexibility index (Phi) is 5.46. The van der Waals surface area contributed by atoms with E-state index in [-0.39, 0.29) is 6.54 Å². The molecule has 0 unspecified atom stereocenters. The first-order valence-corrected chi connectivity index (χ1v) is 8.52. The molecule has 2 aromatic heterocycles. The Morgan fingerprint density at radius 2 is 1.89 bits per heavy atom. The summed E-state index contributed by atoms with van der Waals surface area (Å²) in [5, 5.41) is 19.1. The molecule has 0 spiro atoms. The van der Waals surface area contributed by atoms with Crippen LogP contribution in [0.2, 0.25) is 0 Å². The number of hydrogen-bond acceptors (Lipinski definition) is 6. The average molecular weight is 360 g/mol. The van der Waals surface area contributed by atoms with Gasteiger partial charge in [-0.25, -0.2) is 0 Å². The van der Waals surface area contributed by atoms with E-state index >= 15 is 0 Å². The Balaban J connectivity index is 2.01. The van der Waals surface area contributed by atoms with Crippen molar-refractivity contribution in [1.82, 2.24) is 9.97 Å². The number of benzene rings is 1. The Morgan fingerprint density at radius 3 is 2.48 bits per heavy atom. The van der Waals surface area contributed by atoms with E-state index in [0.29, 0.717) is 28.3 Å². The van der Waals surface area contributed by atoms with Gasteiger partial charge in [-0.15, -0.1) is 0 Å². The first kappa shape index (κ1) is 18.5. The summed E-state index contributed by atoms with van der Waals surface area (Å²) in [7, 11) is 0. The summed E-state index contributed by atoms with van der Waals surface area (Å²) in [5.41, 5.74) is 9.74. The van der Waals surface area contributed by atoms with Crippen molar-refractivity contribution in [3.05, 3.63) is 71.2 Å². The smallest absolute Gasteiger partial charge is 0.138 e. The molecule has 6 heteroatoms. The molecule has 0 radical (unpaired) electrons. The van der Waals surface area contributed by atoms with Gasteiger partial charge in [0, 0.05) is 47.4 Å². The molecule has 136 valence electrons. The van der Waals surface area contributed by atoms with Crippen LogP contribution in [0, 0.1) is 25.2 Å². The molecule has 1 aromatic carbocycles. The predicted molar refractivity (Wildman–Crippen MR) is 102 cm³/mol. The summed E-state index contributed by atoms with van der Waals surface area (Å²) in [6.07, 6.45) is 0.848. The van der Waals surface area contributed by atoms with Gasteiger partial charge in [0.05, 0.1) is 23.4 Å². The average Bonchev–Trinajstić information content (AvgIpc) is 2.66. The molecule has 0 saturated carbocycles. The maximum Gasteiger partial charge on any atom is 0.138 e. The fraction of sp³-hybridized carbons (Fsp3) is 0.190. The summed E-state index contributed by atoms with van der Waals surface area (Å²) < 4.78 is 6.07. The van der Waals surface area contributed by atoms with E-state index in [2.05, 4.69) is 16.0 Å². The van der Waals surface area contributed by atoms with E-state index in [1.54, 1.807) is 36.5 Å². The first-order valence-electron chi connectivity index (χ1n) is 8.52. The lowest BCUT2D eigenvalue weighted by molar-refractivity contribution is 0.186. The third-order valence-electron chi connectivity index (χ3n) is 4.06. The van der Waals surface area contributed by atoms with Crippen molar-refractivity contribution in [3.63, 3.8) is 0 Å². The van der Waals surface area contributed by atoms with Crippen LogP contribution in [-0.2, 0) is 0 Å². The molecule has 0 aliphatic heterocycles. The summed E-state index contributed by atoms with van der Waals surface area (Å²) >= 11 is 0. The quantitative estimate of drug-likeness (QED) is 0.722. The molecule has 0 amide bonds. The van der Waals surface area contributed by atoms with Gasteiger partial charge >= 0.3 is 0 Å². The number of pyridine rings is 2. The fourth-order valence-corrected chi connectivity index (χ4v) is 2.77. The Hall–Kier alpha value is -3.27. The Bertz CT molecular complexity index is 974. The highest BCUT2D eigenvalue weighted by atomic mass is 16.5. The van der Waals surface area contributed by atoms with Crippen molar-refractivity contribution < 1.29 is 9.84 Å². The number of aryl methyl sites for hydroxylation is 2. The highest BCUT2D eigenvalue weighted by Crippen LogP contribution is 2.34. The van der Waals surface area contributed by atoms with Crippen LogP contribution in [0.5, 0.6) is 11.5 Å². The number of nitrogens with two attached hydrogens (primary N) is 1. The number of aliphatic hydroxyl groups excluding tert-OH is 1. The van der Waals surface area contributed by atoms with Crippen molar-refractivity contribution in [2.45, 2.75) is 20.0 Å². The third kappa shape index (κ3) is 4.29. The zero-order chi connectivity index (χ0) is 19.4. The summed E-state index contributed by atoms with van der Waals surface area (Å²) in [5.74, 6) is 1.17. The summed E-state index contributed by atoms with van der Waals surface area (Å²) in [6.45, 7) is 3.93. The molecule has 0 aliphatic rings. The standard InChI is InChI=1S/C21H20N4O2/c1-13-7-17(8-14(2)25-13)27-21-9-15(10-22)3-5-18(21)19-6-4-16(12-24-19)20(26)11-23/h3-9,12,20,26H,11,23H2,1-2H3/t20-/m1/s1. The Labute approximate surface area is 157 Å². The van der Waals surface area contributed by atoms with Gasteiger partial charge in [-0.1, -0.05) is 6.07 Å². The molecule has 6 nitrogen and oxygen atoms in total. The van der Waals surface area contributed by atoms with Gasteiger partial charge in [0.1, 0.15) is 11.5 Å². The molecule has 0 saturated heterocycles. The highest BCUT2D eigenvalue weighted by molar-refractivity contribution is 5.69. The molecular formula is C21H20N4O2. The number of aliphatic hydroxyl groups is 1. The third-order valence-corrected chi connectivity index (χ3v) is 4.06. The highest BCUT2D eigenvalue weighted by Gasteiger charge is 2.12. The number of rotatable bonds is 5. The van der Waals surface area contributed by atoms with Crippen molar-refractivity contribution in [2.75, 3.05) is 6.54 Å². The lowest BCUT2D eigenvalue weighted by Crippen LogP contribution is -2.11. The van der Waals surface area contributed by atoms with Gasteiger partial charge in [0.25, 0.3) is 0 Å². The van der Waals surface area contributed by atoms with Gasteiger partial charge in [0.2, 0.25) is 0 Å².